The third-order valence-electron chi connectivity index (χ3n) is 5.90. The number of hydrogen-bond acceptors (Lipinski definition) is 6. The van der Waals surface area contributed by atoms with Gasteiger partial charge in [-0.1, -0.05) is 116 Å². The van der Waals surface area contributed by atoms with Crippen molar-refractivity contribution in [2.75, 3.05) is 45.0 Å². The second kappa shape index (κ2) is 52.4. The molecule has 0 atom stereocenters. The third kappa shape index (κ3) is 84.3. The highest BCUT2D eigenvalue weighted by atomic mass is 79.9. The quantitative estimate of drug-likeness (QED) is 0.0457. The van der Waals surface area contributed by atoms with Crippen molar-refractivity contribution >= 4 is 15.9 Å². The Bertz CT molecular complexity index is 767. The zero-order valence-corrected chi connectivity index (χ0v) is 34.9. The van der Waals surface area contributed by atoms with Gasteiger partial charge < -0.3 is 29.5 Å². The Morgan fingerprint density at radius 3 is 0.906 bits per heavy atom. The first kappa shape index (κ1) is 63.2. The maximum Gasteiger partial charge on any atom is 0.345 e. The van der Waals surface area contributed by atoms with Gasteiger partial charge in [0.05, 0.1) is 19.8 Å². The van der Waals surface area contributed by atoms with Gasteiger partial charge in [-0.05, 0) is 78.1 Å². The van der Waals surface area contributed by atoms with E-state index >= 15 is 0 Å². The van der Waals surface area contributed by atoms with Crippen molar-refractivity contribution in [2.45, 2.75) is 138 Å². The second-order valence-corrected chi connectivity index (χ2v) is 12.5. The Morgan fingerprint density at radius 1 is 0.453 bits per heavy atom. The van der Waals surface area contributed by atoms with Crippen LogP contribution in [0.5, 0.6) is 0 Å². The molecule has 0 spiro atoms. The molecule has 0 unspecified atom stereocenters. The van der Waals surface area contributed by atoms with Gasteiger partial charge in [0.15, 0.2) is 0 Å². The molecule has 0 aromatic rings. The zero-order chi connectivity index (χ0) is 42.5. The normalized spacial score (nSPS) is 9.85. The highest BCUT2D eigenvalue weighted by Gasteiger charge is 2.03. The summed E-state index contributed by atoms with van der Waals surface area (Å²) in [5, 5.41) is 25.8. The monoisotopic (exact) mass is 842 g/mol. The fourth-order valence-corrected chi connectivity index (χ4v) is 3.71. The van der Waals surface area contributed by atoms with Gasteiger partial charge in [-0.2, -0.15) is 26.3 Å². The molecule has 53 heavy (non-hydrogen) atoms. The van der Waals surface area contributed by atoms with E-state index in [4.69, 9.17) is 15.3 Å². The van der Waals surface area contributed by atoms with E-state index < -0.39 is 19.8 Å². The Balaban J connectivity index is -0.000000127. The minimum atomic E-state index is -2.71. The van der Waals surface area contributed by atoms with Gasteiger partial charge in [-0.3, -0.25) is 0 Å². The Hall–Kier alpha value is -1.74. The number of halogens is 7. The van der Waals surface area contributed by atoms with Crippen LogP contribution in [0.15, 0.2) is 72.9 Å². The van der Waals surface area contributed by atoms with E-state index in [0.29, 0.717) is 25.7 Å². The number of aliphatic hydroxyl groups is 3. The van der Waals surface area contributed by atoms with Crippen molar-refractivity contribution in [3.8, 4) is 0 Å². The summed E-state index contributed by atoms with van der Waals surface area (Å²) in [6.45, 7) is 24.9. The van der Waals surface area contributed by atoms with Gasteiger partial charge in [0.1, 0.15) is 0 Å². The molecule has 6 nitrogen and oxygen atoms in total. The summed E-state index contributed by atoms with van der Waals surface area (Å²) in [6, 6.07) is 0. The predicted molar refractivity (Wildman–Crippen MR) is 214 cm³/mol. The van der Waals surface area contributed by atoms with E-state index in [1.807, 2.05) is 13.8 Å². The molecule has 0 aliphatic heterocycles. The minimum absolute atomic E-state index is 0.00745. The van der Waals surface area contributed by atoms with Crippen LogP contribution in [0.3, 0.4) is 0 Å². The minimum Gasteiger partial charge on any atom is -0.396 e. The molecule has 3 N–H and O–H groups in total. The van der Waals surface area contributed by atoms with Crippen molar-refractivity contribution in [1.82, 2.24) is 0 Å². The molecule has 0 radical (unpaired) electrons. The molecule has 0 aliphatic carbocycles. The van der Waals surface area contributed by atoms with Gasteiger partial charge >= 0.3 is 19.8 Å². The third-order valence-corrected chi connectivity index (χ3v) is 6.30. The standard InChI is InChI=1S/C8H14F2O.C7H11BrF2O.C7H12F2O2.C7H14O.C6H12.C5H10O/c1-3-4-7(2)5-6-11-8(9)10;1-6(2-4-8)3-5-11-7(9)10;1-6(2-4-10)3-5-11-7(8)9;1-3-4-7(2)5-6-8;1-4-5-6(2)3;1-5(2)3-4-6/h8H,2-6H2,1H3;7H,1-5H2;7,10H,1-5H2;8H,2-6H2,1H3;2,4-5H2,1,3H3;6H,1,3-4H2,2H3. The zero-order valence-electron chi connectivity index (χ0n) is 33.3. The van der Waals surface area contributed by atoms with Crippen LogP contribution in [-0.2, 0) is 14.2 Å². The Labute approximate surface area is 326 Å². The fourth-order valence-electron chi connectivity index (χ4n) is 3.15. The molecule has 0 aromatic heterocycles. The lowest BCUT2D eigenvalue weighted by molar-refractivity contribution is -0.128. The number of allylic oxidation sites excluding steroid dienone is 1. The van der Waals surface area contributed by atoms with Crippen molar-refractivity contribution in [2.24, 2.45) is 0 Å². The van der Waals surface area contributed by atoms with Crippen LogP contribution in [-0.4, -0.2) is 80.1 Å². The SMILES string of the molecule is C=C(C)CCC.C=C(C)CCO.C=C(CCBr)CCOC(F)F.C=C(CCC)CCO.C=C(CCC)CCOC(F)F.C=C(CCO)CCOC(F)F. The maximum atomic E-state index is 11.4. The lowest BCUT2D eigenvalue weighted by atomic mass is 10.1. The summed E-state index contributed by atoms with van der Waals surface area (Å²) in [6.07, 6.45) is 10.7. The molecule has 0 saturated carbocycles. The second-order valence-electron chi connectivity index (χ2n) is 11.7. The van der Waals surface area contributed by atoms with E-state index in [2.05, 4.69) is 90.4 Å². The molecule has 0 saturated heterocycles. The molecule has 0 fully saturated rings. The van der Waals surface area contributed by atoms with Gasteiger partial charge in [0.25, 0.3) is 0 Å². The first-order chi connectivity index (χ1) is 24.8. The number of ether oxygens (including phenoxy) is 3. The first-order valence-electron chi connectivity index (χ1n) is 17.9. The molecular weight excluding hydrogens is 770 g/mol. The van der Waals surface area contributed by atoms with Gasteiger partial charge in [0, 0.05) is 25.2 Å². The Kier molecular flexibility index (Phi) is 62.5. The Morgan fingerprint density at radius 2 is 0.717 bits per heavy atom. The summed E-state index contributed by atoms with van der Waals surface area (Å²) >= 11 is 3.22. The van der Waals surface area contributed by atoms with E-state index in [0.717, 1.165) is 78.1 Å². The lowest BCUT2D eigenvalue weighted by Crippen LogP contribution is -2.02. The molecule has 0 rings (SSSR count). The van der Waals surface area contributed by atoms with Gasteiger partial charge in [-0.25, -0.2) is 0 Å². The largest absolute Gasteiger partial charge is 0.396 e. The predicted octanol–water partition coefficient (Wildman–Crippen LogP) is 12.5. The summed E-state index contributed by atoms with van der Waals surface area (Å²) in [5.74, 6) is 0. The molecular formula is C40H73BrF6O6. The van der Waals surface area contributed by atoms with Crippen LogP contribution >= 0.6 is 15.9 Å². The number of rotatable bonds is 26. The molecule has 0 bridgehead atoms. The smallest absolute Gasteiger partial charge is 0.345 e. The topological polar surface area (TPSA) is 88.4 Å². The van der Waals surface area contributed by atoms with Crippen LogP contribution in [0.2, 0.25) is 0 Å². The van der Waals surface area contributed by atoms with Crippen LogP contribution < -0.4 is 0 Å². The number of aliphatic hydroxyl groups excluding tert-OH is 3. The molecule has 0 heterocycles. The van der Waals surface area contributed by atoms with Gasteiger partial charge in [0.2, 0.25) is 0 Å². The lowest BCUT2D eigenvalue weighted by Gasteiger charge is -2.03. The van der Waals surface area contributed by atoms with Crippen molar-refractivity contribution in [3.05, 3.63) is 72.9 Å². The summed E-state index contributed by atoms with van der Waals surface area (Å²) in [4.78, 5) is 0. The molecule has 0 aliphatic rings. The van der Waals surface area contributed by atoms with Gasteiger partial charge in [-0.15, -0.1) is 13.2 Å². The van der Waals surface area contributed by atoms with Crippen molar-refractivity contribution in [1.29, 1.82) is 0 Å². The average molecular weight is 844 g/mol. The molecule has 0 aromatic carbocycles. The molecule has 0 amide bonds. The fraction of sp³-hybridized carbons (Fsp3) is 0.700. The highest BCUT2D eigenvalue weighted by Crippen LogP contribution is 2.09. The summed E-state index contributed by atoms with van der Waals surface area (Å²) < 4.78 is 80.5. The van der Waals surface area contributed by atoms with Crippen LogP contribution in [0, 0.1) is 0 Å². The van der Waals surface area contributed by atoms with E-state index in [1.54, 1.807) is 0 Å². The highest BCUT2D eigenvalue weighted by molar-refractivity contribution is 9.09. The van der Waals surface area contributed by atoms with Crippen LogP contribution in [0.1, 0.15) is 118 Å². The first-order valence-corrected chi connectivity index (χ1v) is 19.0. The number of alkyl halides is 7. The maximum absolute atomic E-state index is 11.4. The van der Waals surface area contributed by atoms with E-state index in [-0.39, 0.29) is 39.6 Å². The van der Waals surface area contributed by atoms with Crippen LogP contribution in [0.25, 0.3) is 0 Å². The van der Waals surface area contributed by atoms with Crippen molar-refractivity contribution in [3.63, 3.8) is 0 Å². The van der Waals surface area contributed by atoms with Crippen LogP contribution in [0.4, 0.5) is 26.3 Å². The van der Waals surface area contributed by atoms with E-state index in [9.17, 15) is 26.3 Å². The molecule has 318 valence electrons. The average Bonchev–Trinajstić information content (AvgIpc) is 3.03. The molecule has 13 heteroatoms. The van der Waals surface area contributed by atoms with Crippen molar-refractivity contribution < 1.29 is 55.9 Å². The summed E-state index contributed by atoms with van der Waals surface area (Å²) in [5.41, 5.74) is 6.13. The van der Waals surface area contributed by atoms with E-state index in [1.165, 1.54) is 18.4 Å². The summed E-state index contributed by atoms with van der Waals surface area (Å²) in [7, 11) is 0. The number of hydrogen-bond donors (Lipinski definition) is 3.